The Morgan fingerprint density at radius 1 is 0.0946 bits per heavy atom. The lowest BCUT2D eigenvalue weighted by Crippen LogP contribution is -1.96. The first kappa shape index (κ1) is 87.8. The Bertz CT molecular complexity index is 9450. The molecule has 23 aromatic carbocycles. The summed E-state index contributed by atoms with van der Waals surface area (Å²) in [5, 5.41) is 10.1. The highest BCUT2D eigenvalue weighted by Crippen LogP contribution is 2.65. The largest absolute Gasteiger partial charge is 0.0622 e. The van der Waals surface area contributed by atoms with Gasteiger partial charge in [0.25, 0.3) is 0 Å². The Balaban J connectivity index is 0.000000110. The van der Waals surface area contributed by atoms with E-state index in [0.29, 0.717) is 0 Å². The van der Waals surface area contributed by atoms with Gasteiger partial charge in [0.2, 0.25) is 0 Å². The molecule has 0 bridgehead atoms. The fourth-order valence-corrected chi connectivity index (χ4v) is 24.0. The maximum atomic E-state index is 2.47. The smallest absolute Gasteiger partial charge is 0.000137 e. The van der Waals surface area contributed by atoms with E-state index in [-0.39, 0.29) is 0 Å². The Morgan fingerprint density at radius 2 is 0.311 bits per heavy atom. The number of hydrogen-bond donors (Lipinski definition) is 0. The zero-order chi connectivity index (χ0) is 97.9. The van der Waals surface area contributed by atoms with E-state index in [1.54, 1.807) is 0 Å². The van der Waals surface area contributed by atoms with Crippen molar-refractivity contribution in [2.45, 2.75) is 0 Å². The van der Waals surface area contributed by atoms with Gasteiger partial charge in [0.15, 0.2) is 0 Å². The van der Waals surface area contributed by atoms with Crippen LogP contribution in [0, 0.1) is 0 Å². The highest BCUT2D eigenvalue weighted by Gasteiger charge is 2.43. The summed E-state index contributed by atoms with van der Waals surface area (Å²) in [4.78, 5) is 0. The molecule has 0 spiro atoms. The average Bonchev–Trinajstić information content (AvgIpc) is 1.53. The molecule has 6 aliphatic carbocycles. The lowest BCUT2D eigenvalue weighted by Gasteiger charge is -2.19. The average molecular weight is 1870 g/mol. The summed E-state index contributed by atoms with van der Waals surface area (Å²) in [5.74, 6) is 0. The highest BCUT2D eigenvalue weighted by atomic mass is 14.5. The van der Waals surface area contributed by atoms with E-state index in [1.165, 1.54) is 288 Å². The highest BCUT2D eigenvalue weighted by molar-refractivity contribution is 6.42. The number of benzene rings is 23. The van der Waals surface area contributed by atoms with Gasteiger partial charge in [-0.2, -0.15) is 0 Å². The monoisotopic (exact) mass is 1870 g/mol. The van der Waals surface area contributed by atoms with Crippen molar-refractivity contribution in [2.75, 3.05) is 0 Å². The maximum Gasteiger partial charge on any atom is -0.000137 e. The van der Waals surface area contributed by atoms with Gasteiger partial charge in [-0.15, -0.1) is 0 Å². The van der Waals surface area contributed by atoms with Crippen LogP contribution < -0.4 is 0 Å². The second-order valence-corrected chi connectivity index (χ2v) is 38.8. The quantitative estimate of drug-likeness (QED) is 0.0846. The number of allylic oxidation sites excluding steroid dienone is 15. The van der Waals surface area contributed by atoms with Crippen molar-refractivity contribution in [1.82, 2.24) is 0 Å². The van der Waals surface area contributed by atoms with Crippen molar-refractivity contribution in [3.63, 3.8) is 0 Å². The van der Waals surface area contributed by atoms with Crippen LogP contribution in [0.4, 0.5) is 0 Å². The summed E-state index contributed by atoms with van der Waals surface area (Å²) in [6.07, 6.45) is 4.83. The molecule has 0 aromatic heterocycles. The first-order valence-electron chi connectivity index (χ1n) is 51.3. The molecule has 0 atom stereocenters. The molecule has 0 aliphatic heterocycles. The van der Waals surface area contributed by atoms with Crippen molar-refractivity contribution < 1.29 is 0 Å². The van der Waals surface area contributed by atoms with E-state index in [1.807, 2.05) is 0 Å². The van der Waals surface area contributed by atoms with E-state index < -0.39 is 0 Å². The van der Waals surface area contributed by atoms with Crippen LogP contribution in [0.25, 0.3) is 194 Å². The molecule has 0 unspecified atom stereocenters. The Labute approximate surface area is 864 Å². The van der Waals surface area contributed by atoms with Crippen molar-refractivity contribution >= 4 is 128 Å². The van der Waals surface area contributed by atoms with Gasteiger partial charge in [0.05, 0.1) is 0 Å². The normalized spacial score (nSPS) is 13.6. The molecule has 0 fully saturated rings. The number of rotatable bonds is 16. The lowest BCUT2D eigenvalue weighted by molar-refractivity contribution is 1.55. The van der Waals surface area contributed by atoms with Crippen molar-refractivity contribution in [3.05, 3.63) is 676 Å². The van der Waals surface area contributed by atoms with Gasteiger partial charge in [0, 0.05) is 0 Å². The Kier molecular flexibility index (Phi) is 22.5. The van der Waals surface area contributed by atoms with Crippen LogP contribution in [0.15, 0.2) is 587 Å². The molecule has 0 heteroatoms. The number of fused-ring (bicyclic) bond motifs is 13. The van der Waals surface area contributed by atoms with Crippen LogP contribution in [0.2, 0.25) is 0 Å². The summed E-state index contributed by atoms with van der Waals surface area (Å²) < 4.78 is 0. The third-order valence-electron chi connectivity index (χ3n) is 30.3. The summed E-state index contributed by atoms with van der Waals surface area (Å²) in [6.45, 7) is 0. The Hall–Kier alpha value is -19.2. The fourth-order valence-electron chi connectivity index (χ4n) is 24.0. The topological polar surface area (TPSA) is 0 Å². The predicted octanol–water partition coefficient (Wildman–Crippen LogP) is 38.9. The summed E-state index contributed by atoms with van der Waals surface area (Å²) in [7, 11) is 0. The molecule has 0 radical (unpaired) electrons. The molecule has 23 aromatic rings. The van der Waals surface area contributed by atoms with Gasteiger partial charge in [-0.1, -0.05) is 516 Å². The van der Waals surface area contributed by atoms with Gasteiger partial charge >= 0.3 is 0 Å². The molecule has 688 valence electrons. The van der Waals surface area contributed by atoms with Crippen molar-refractivity contribution in [1.29, 1.82) is 0 Å². The van der Waals surface area contributed by atoms with Crippen LogP contribution >= 0.6 is 0 Å². The molecule has 148 heavy (non-hydrogen) atoms. The van der Waals surface area contributed by atoms with Crippen LogP contribution in [0.1, 0.15) is 89.0 Å². The van der Waals surface area contributed by atoms with Gasteiger partial charge in [0.1, 0.15) is 0 Å². The zero-order valence-corrected chi connectivity index (χ0v) is 81.4. The van der Waals surface area contributed by atoms with E-state index in [0.717, 1.165) is 0 Å². The molecule has 0 N–H and O–H groups in total. The van der Waals surface area contributed by atoms with E-state index in [4.69, 9.17) is 0 Å². The first-order chi connectivity index (χ1) is 73.5. The van der Waals surface area contributed by atoms with E-state index >= 15 is 0 Å². The van der Waals surface area contributed by atoms with E-state index in [9.17, 15) is 0 Å². The second kappa shape index (κ2) is 37.9. The van der Waals surface area contributed by atoms with Crippen LogP contribution in [0.3, 0.4) is 0 Å². The lowest BCUT2D eigenvalue weighted by atomic mass is 9.84. The van der Waals surface area contributed by atoms with Crippen molar-refractivity contribution in [3.8, 4) is 66.8 Å². The van der Waals surface area contributed by atoms with Gasteiger partial charge in [-0.05, 0) is 355 Å². The molecule has 0 heterocycles. The molecule has 0 saturated carbocycles. The molecule has 0 amide bonds. The molecule has 0 nitrogen and oxygen atoms in total. The zero-order valence-electron chi connectivity index (χ0n) is 81.4. The van der Waals surface area contributed by atoms with Crippen LogP contribution in [-0.4, -0.2) is 0 Å². The second-order valence-electron chi connectivity index (χ2n) is 38.8. The summed E-state index contributed by atoms with van der Waals surface area (Å²) in [5.41, 5.74) is 55.8. The summed E-state index contributed by atoms with van der Waals surface area (Å²) >= 11 is 0. The fraction of sp³-hybridized carbons (Fsp3) is 0. The first-order valence-corrected chi connectivity index (χ1v) is 51.3. The van der Waals surface area contributed by atoms with Crippen LogP contribution in [-0.2, 0) is 0 Å². The van der Waals surface area contributed by atoms with Crippen LogP contribution in [0.5, 0.6) is 0 Å². The standard InChI is InChI=1S/C52H34.C50H32.C46H30/c1-7-19-35(20-8-1)43-31-41-33-45-46(34-42(41)32-44(43)36-21-9-2-10-22-36)51-49(39-27-15-5-16-28-39)48(38-25-13-4-14-26-38)50(40-29-17-6-18-30-40)52(51)47(45)37-23-11-3-12-24-37;1-4-17-33(18-5-1)45-40-27-12-14-29-42(40)46(43-30-15-13-28-41(43)45)37-24-16-25-38(31-37)49-48(35-21-8-3-9-22-35)47(34-19-6-2-7-20-34)44-32-36-23-10-11-26-39(36)50(44)49;1-6-16-31(17-7-1)39-27-36-26-38-30-42-43(33-20-10-3-11-21-33)44(34-22-12-4-13-23-34)45(35-24-14-5-15-25-35)46(42)41(38)29-37(36)28-40(39)32-18-8-2-9-19-32/h1-34H;1-32H;1-30H. The minimum atomic E-state index is 1.22. The predicted molar refractivity (Wildman–Crippen MR) is 629 cm³/mol. The third kappa shape index (κ3) is 15.5. The third-order valence-corrected chi connectivity index (χ3v) is 30.3. The molecule has 0 saturated heterocycles. The van der Waals surface area contributed by atoms with Crippen molar-refractivity contribution in [2.24, 2.45) is 0 Å². The molecular formula is C148H96. The molecule has 6 aliphatic rings. The maximum absolute atomic E-state index is 2.47. The molecular weight excluding hydrogens is 1780 g/mol. The van der Waals surface area contributed by atoms with Gasteiger partial charge in [-0.3, -0.25) is 0 Å². The van der Waals surface area contributed by atoms with E-state index in [2.05, 4.69) is 582 Å². The van der Waals surface area contributed by atoms with Gasteiger partial charge < -0.3 is 0 Å². The molecule has 29 rings (SSSR count). The SMILES string of the molecule is C1=C2C(c3ccccc3)=C(c3ccccc3)C(c3cccc(-c4c5ccccc5c(-c5ccccc5)c5ccccc45)c3)=C2c2ccccc21.C1=C2C(c3ccccc3)=C(c3ccccc3)C(c3ccccc3)=C2c2cc3cc(-c4ccccc4)c(-c4ccccc4)cc3cc21.c1ccc(C2=C(c3ccccc3)C(c3ccccc3)=C3C2=C(c2ccccc2)c2cc4cc(-c5ccccc5)c(-c5ccccc5)cc4cc23)cc1. The minimum absolute atomic E-state index is 1.22. The Morgan fingerprint density at radius 3 is 0.669 bits per heavy atom. The summed E-state index contributed by atoms with van der Waals surface area (Å²) in [6, 6.07) is 208. The number of hydrogen-bond acceptors (Lipinski definition) is 0. The van der Waals surface area contributed by atoms with Gasteiger partial charge in [-0.25, -0.2) is 0 Å². The minimum Gasteiger partial charge on any atom is -0.0622 e.